The van der Waals surface area contributed by atoms with Crippen LogP contribution in [0.1, 0.15) is 34.5 Å². The molecule has 0 spiro atoms. The Morgan fingerprint density at radius 2 is 2.26 bits per heavy atom. The van der Waals surface area contributed by atoms with Crippen molar-refractivity contribution in [3.8, 4) is 0 Å². The molecule has 0 amide bonds. The number of carboxylic acids is 1. The van der Waals surface area contributed by atoms with Gasteiger partial charge in [0, 0.05) is 6.54 Å². The number of carboxylic acid groups (broad SMARTS) is 1. The summed E-state index contributed by atoms with van der Waals surface area (Å²) in [5, 5.41) is 10.6. The summed E-state index contributed by atoms with van der Waals surface area (Å²) in [6, 6.07) is 0. The number of rotatable bonds is 5. The minimum absolute atomic E-state index is 0.108. The molecule has 1 aliphatic rings. The molecule has 2 N–H and O–H groups in total. The molecule has 2 rings (SSSR count). The van der Waals surface area contributed by atoms with Crippen LogP contribution in [0.4, 0.5) is 0 Å². The smallest absolute Gasteiger partial charge is 0.347 e. The summed E-state index contributed by atoms with van der Waals surface area (Å²) in [6.07, 6.45) is 4.96. The molecule has 0 saturated carbocycles. The van der Waals surface area contributed by atoms with E-state index < -0.39 is 16.0 Å². The summed E-state index contributed by atoms with van der Waals surface area (Å²) < 4.78 is 26.9. The highest BCUT2D eigenvalue weighted by Gasteiger charge is 2.26. The van der Waals surface area contributed by atoms with Crippen LogP contribution in [0.25, 0.3) is 0 Å². The van der Waals surface area contributed by atoms with Gasteiger partial charge in [-0.25, -0.2) is 17.9 Å². The molecule has 0 saturated heterocycles. The fourth-order valence-corrected chi connectivity index (χ4v) is 4.74. The lowest BCUT2D eigenvalue weighted by Crippen LogP contribution is -2.27. The molecule has 1 heterocycles. The second kappa shape index (κ2) is 5.44. The molecule has 5 nitrogen and oxygen atoms in total. The van der Waals surface area contributed by atoms with E-state index in [1.165, 1.54) is 0 Å². The number of aryl methyl sites for hydroxylation is 1. The number of aromatic carboxylic acids is 1. The predicted molar refractivity (Wildman–Crippen MR) is 73.1 cm³/mol. The van der Waals surface area contributed by atoms with Crippen molar-refractivity contribution in [2.75, 3.05) is 6.54 Å². The van der Waals surface area contributed by atoms with E-state index in [-0.39, 0.29) is 16.3 Å². The van der Waals surface area contributed by atoms with Gasteiger partial charge in [-0.1, -0.05) is 11.6 Å². The maximum Gasteiger partial charge on any atom is 0.347 e. The van der Waals surface area contributed by atoms with E-state index in [4.69, 9.17) is 5.11 Å². The summed E-state index contributed by atoms with van der Waals surface area (Å²) in [7, 11) is -3.77. The number of sulfonamides is 1. The predicted octanol–water partition coefficient (Wildman–Crippen LogP) is 2.14. The van der Waals surface area contributed by atoms with Crippen molar-refractivity contribution in [3.05, 3.63) is 27.5 Å². The van der Waals surface area contributed by atoms with Crippen LogP contribution in [0.3, 0.4) is 0 Å². The Balaban J connectivity index is 2.24. The maximum absolute atomic E-state index is 12.2. The van der Waals surface area contributed by atoms with Gasteiger partial charge in [0.05, 0.1) is 0 Å². The Hall–Kier alpha value is -1.18. The first-order chi connectivity index (χ1) is 8.92. The summed E-state index contributed by atoms with van der Waals surface area (Å²) in [5.41, 5.74) is 1.53. The molecule has 1 aromatic heterocycles. The fourth-order valence-electron chi connectivity index (χ4n) is 2.07. The summed E-state index contributed by atoms with van der Waals surface area (Å²) in [4.78, 5) is 10.8. The lowest BCUT2D eigenvalue weighted by atomic mass is 10.2. The molecule has 0 bridgehead atoms. The Morgan fingerprint density at radius 1 is 1.53 bits per heavy atom. The van der Waals surface area contributed by atoms with Crippen molar-refractivity contribution in [2.24, 2.45) is 0 Å². The van der Waals surface area contributed by atoms with Crippen molar-refractivity contribution in [1.82, 2.24) is 4.72 Å². The molecule has 0 aliphatic heterocycles. The molecular formula is C12H15NO4S2. The first-order valence-corrected chi connectivity index (χ1v) is 8.27. The maximum atomic E-state index is 12.2. The van der Waals surface area contributed by atoms with Gasteiger partial charge >= 0.3 is 5.97 Å². The number of hydrogen-bond donors (Lipinski definition) is 2. The number of nitrogens with one attached hydrogen (secondary N) is 1. The lowest BCUT2D eigenvalue weighted by Gasteiger charge is -2.08. The first kappa shape index (κ1) is 14.2. The molecular weight excluding hydrogens is 286 g/mol. The molecule has 19 heavy (non-hydrogen) atoms. The quantitative estimate of drug-likeness (QED) is 0.816. The Bertz CT molecular complexity index is 628. The van der Waals surface area contributed by atoms with E-state index in [0.717, 1.165) is 36.2 Å². The summed E-state index contributed by atoms with van der Waals surface area (Å²) >= 11 is 0.936. The molecule has 0 unspecified atom stereocenters. The summed E-state index contributed by atoms with van der Waals surface area (Å²) in [6.45, 7) is 1.86. The molecule has 0 atom stereocenters. The van der Waals surface area contributed by atoms with Crippen molar-refractivity contribution in [3.63, 3.8) is 0 Å². The van der Waals surface area contributed by atoms with E-state index in [1.54, 1.807) is 12.3 Å². The number of hydrogen-bond acceptors (Lipinski definition) is 4. The van der Waals surface area contributed by atoms with Crippen molar-refractivity contribution in [1.29, 1.82) is 0 Å². The van der Waals surface area contributed by atoms with Gasteiger partial charge < -0.3 is 5.11 Å². The zero-order valence-electron chi connectivity index (χ0n) is 10.5. The van der Waals surface area contributed by atoms with Crippen LogP contribution in [0.15, 0.2) is 21.9 Å². The molecule has 1 aliphatic carbocycles. The number of thiophene rings is 1. The molecule has 0 radical (unpaired) electrons. The van der Waals surface area contributed by atoms with Crippen LogP contribution >= 0.6 is 11.3 Å². The van der Waals surface area contributed by atoms with Gasteiger partial charge in [-0.15, -0.1) is 11.3 Å². The largest absolute Gasteiger partial charge is 0.477 e. The highest BCUT2D eigenvalue weighted by atomic mass is 32.2. The average molecular weight is 301 g/mol. The third-order valence-corrected chi connectivity index (χ3v) is 5.81. The summed E-state index contributed by atoms with van der Waals surface area (Å²) in [5.74, 6) is -1.21. The van der Waals surface area contributed by atoms with Crippen LogP contribution in [0.2, 0.25) is 0 Å². The average Bonchev–Trinajstić information content (AvgIpc) is 2.95. The van der Waals surface area contributed by atoms with Crippen LogP contribution < -0.4 is 4.72 Å². The SMILES string of the molecule is Cc1csc(C(=O)O)c1S(=O)(=O)NCC1=CCCC1. The molecule has 0 aromatic carbocycles. The van der Waals surface area contributed by atoms with Gasteiger partial charge in [0.1, 0.15) is 9.77 Å². The molecule has 7 heteroatoms. The van der Waals surface area contributed by atoms with Gasteiger partial charge in [-0.3, -0.25) is 0 Å². The Morgan fingerprint density at radius 3 is 2.84 bits per heavy atom. The minimum atomic E-state index is -3.77. The fraction of sp³-hybridized carbons (Fsp3) is 0.417. The van der Waals surface area contributed by atoms with Crippen LogP contribution in [0.5, 0.6) is 0 Å². The van der Waals surface area contributed by atoms with Gasteiger partial charge in [0.15, 0.2) is 0 Å². The van der Waals surface area contributed by atoms with E-state index in [1.807, 2.05) is 6.08 Å². The topological polar surface area (TPSA) is 83.5 Å². The normalized spacial score (nSPS) is 15.5. The molecule has 104 valence electrons. The second-order valence-corrected chi connectivity index (χ2v) is 7.04. The highest BCUT2D eigenvalue weighted by Crippen LogP contribution is 2.27. The highest BCUT2D eigenvalue weighted by molar-refractivity contribution is 7.89. The Labute approximate surface area is 116 Å². The monoisotopic (exact) mass is 301 g/mol. The van der Waals surface area contributed by atoms with Crippen LogP contribution in [-0.4, -0.2) is 26.0 Å². The third kappa shape index (κ3) is 3.05. The van der Waals surface area contributed by atoms with E-state index >= 15 is 0 Å². The molecule has 0 fully saturated rings. The molecule has 1 aromatic rings. The van der Waals surface area contributed by atoms with Gasteiger partial charge in [0.25, 0.3) is 0 Å². The zero-order chi connectivity index (χ0) is 14.0. The standard InChI is InChI=1S/C12H15NO4S2/c1-8-7-18-10(12(14)15)11(8)19(16,17)13-6-9-4-2-3-5-9/h4,7,13H,2-3,5-6H2,1H3,(H,14,15). The third-order valence-electron chi connectivity index (χ3n) is 3.01. The van der Waals surface area contributed by atoms with Crippen molar-refractivity contribution < 1.29 is 18.3 Å². The number of carbonyl (C=O) groups is 1. The van der Waals surface area contributed by atoms with E-state index in [9.17, 15) is 13.2 Å². The van der Waals surface area contributed by atoms with Crippen molar-refractivity contribution in [2.45, 2.75) is 31.1 Å². The first-order valence-electron chi connectivity index (χ1n) is 5.91. The lowest BCUT2D eigenvalue weighted by molar-refractivity contribution is 0.0698. The Kier molecular flexibility index (Phi) is 4.07. The minimum Gasteiger partial charge on any atom is -0.477 e. The second-order valence-electron chi connectivity index (χ2n) is 4.46. The van der Waals surface area contributed by atoms with Crippen molar-refractivity contribution >= 4 is 27.3 Å². The van der Waals surface area contributed by atoms with E-state index in [2.05, 4.69) is 4.72 Å². The van der Waals surface area contributed by atoms with Gasteiger partial charge in [-0.05, 0) is 37.1 Å². The number of allylic oxidation sites excluding steroid dienone is 1. The van der Waals surface area contributed by atoms with Gasteiger partial charge in [0.2, 0.25) is 10.0 Å². The zero-order valence-corrected chi connectivity index (χ0v) is 12.1. The van der Waals surface area contributed by atoms with E-state index in [0.29, 0.717) is 5.56 Å². The van der Waals surface area contributed by atoms with Crippen LogP contribution in [-0.2, 0) is 10.0 Å². The van der Waals surface area contributed by atoms with Gasteiger partial charge in [-0.2, -0.15) is 0 Å². The van der Waals surface area contributed by atoms with Crippen LogP contribution in [0, 0.1) is 6.92 Å².